The molecule has 1 aliphatic heterocycles. The van der Waals surface area contributed by atoms with Gasteiger partial charge in [0.25, 0.3) is 5.91 Å². The molecule has 1 saturated heterocycles. The number of hydrogen-bond acceptors (Lipinski definition) is 3. The molecule has 0 spiro atoms. The fourth-order valence-electron chi connectivity index (χ4n) is 1.38. The molecule has 0 aromatic heterocycles. The van der Waals surface area contributed by atoms with Crippen LogP contribution in [-0.2, 0) is 4.79 Å². The molecule has 2 unspecified atom stereocenters. The molecule has 92 valence electrons. The van der Waals surface area contributed by atoms with E-state index in [2.05, 4.69) is 37.2 Å². The van der Waals surface area contributed by atoms with Gasteiger partial charge in [0, 0.05) is 6.04 Å². The van der Waals surface area contributed by atoms with Gasteiger partial charge < -0.3 is 10.4 Å². The Balaban J connectivity index is 3.11. The molecule has 1 heterocycles. The molecular weight excluding hydrogens is 344 g/mol. The highest BCUT2D eigenvalue weighted by Crippen LogP contribution is 2.41. The lowest BCUT2D eigenvalue weighted by molar-refractivity contribution is -0.139. The first-order valence-electron chi connectivity index (χ1n) is 4.91. The predicted molar refractivity (Wildman–Crippen MR) is 66.3 cm³/mol. The third-order valence-corrected chi connectivity index (χ3v) is 4.92. The highest BCUT2D eigenvalue weighted by Gasteiger charge is 2.58. The second kappa shape index (κ2) is 4.27. The Morgan fingerprint density at radius 1 is 1.50 bits per heavy atom. The van der Waals surface area contributed by atoms with E-state index in [0.717, 1.165) is 4.90 Å². The summed E-state index contributed by atoms with van der Waals surface area (Å²) in [4.78, 5) is 24.9. The van der Waals surface area contributed by atoms with Gasteiger partial charge in [-0.2, -0.15) is 0 Å². The highest BCUT2D eigenvalue weighted by molar-refractivity contribution is 9.26. The average Bonchev–Trinajstić information content (AvgIpc) is 2.14. The Morgan fingerprint density at radius 3 is 2.44 bits per heavy atom. The van der Waals surface area contributed by atoms with Crippen LogP contribution in [0.3, 0.4) is 0 Å². The van der Waals surface area contributed by atoms with Crippen molar-refractivity contribution in [2.45, 2.75) is 42.2 Å². The van der Waals surface area contributed by atoms with E-state index in [1.165, 1.54) is 6.92 Å². The van der Waals surface area contributed by atoms with Crippen molar-refractivity contribution in [1.29, 1.82) is 0 Å². The van der Waals surface area contributed by atoms with Crippen LogP contribution in [0, 0.1) is 0 Å². The summed E-state index contributed by atoms with van der Waals surface area (Å²) in [5.74, 6) is -0.504. The zero-order chi connectivity index (χ0) is 12.7. The number of carbonyl (C=O) groups excluding carboxylic acids is 2. The van der Waals surface area contributed by atoms with Gasteiger partial charge >= 0.3 is 6.03 Å². The van der Waals surface area contributed by atoms with E-state index in [9.17, 15) is 14.7 Å². The molecule has 0 radical (unpaired) electrons. The number of nitrogens with one attached hydrogen (secondary N) is 1. The second-order valence-electron chi connectivity index (χ2n) is 4.01. The maximum atomic E-state index is 12.1. The molecule has 5 nitrogen and oxygen atoms in total. The molecule has 2 atom stereocenters. The standard InChI is InChI=1S/C9H14Br2N2O3/c1-4-5(2)13-6(14)9(10,11)8(3,16)12-7(13)15/h5,16H,4H2,1-3H3,(H,12,15). The van der Waals surface area contributed by atoms with Crippen molar-refractivity contribution >= 4 is 43.8 Å². The first-order valence-corrected chi connectivity index (χ1v) is 6.49. The van der Waals surface area contributed by atoms with E-state index >= 15 is 0 Å². The SMILES string of the molecule is CCC(C)N1C(=O)NC(C)(O)C(Br)(Br)C1=O. The third-order valence-electron chi connectivity index (χ3n) is 2.70. The van der Waals surface area contributed by atoms with Crippen LogP contribution in [0.15, 0.2) is 0 Å². The summed E-state index contributed by atoms with van der Waals surface area (Å²) in [5, 5.41) is 12.3. The lowest BCUT2D eigenvalue weighted by Gasteiger charge is -2.45. The number of carbonyl (C=O) groups is 2. The fraction of sp³-hybridized carbons (Fsp3) is 0.778. The number of alkyl halides is 2. The van der Waals surface area contributed by atoms with Crippen molar-refractivity contribution < 1.29 is 14.7 Å². The van der Waals surface area contributed by atoms with Crippen molar-refractivity contribution in [2.75, 3.05) is 0 Å². The van der Waals surface area contributed by atoms with Gasteiger partial charge in [-0.25, -0.2) is 4.79 Å². The van der Waals surface area contributed by atoms with Crippen LogP contribution in [0.1, 0.15) is 27.2 Å². The molecule has 0 aliphatic carbocycles. The van der Waals surface area contributed by atoms with Gasteiger partial charge in [0.2, 0.25) is 3.23 Å². The third kappa shape index (κ3) is 2.00. The molecule has 1 fully saturated rings. The number of amides is 3. The highest BCUT2D eigenvalue weighted by atomic mass is 79.9. The maximum Gasteiger partial charge on any atom is 0.326 e. The van der Waals surface area contributed by atoms with Crippen molar-refractivity contribution in [2.24, 2.45) is 0 Å². The molecular formula is C9H14Br2N2O3. The average molecular weight is 358 g/mol. The van der Waals surface area contributed by atoms with E-state index in [0.29, 0.717) is 6.42 Å². The fourth-order valence-corrected chi connectivity index (χ4v) is 1.96. The number of rotatable bonds is 2. The zero-order valence-corrected chi connectivity index (χ0v) is 12.4. The van der Waals surface area contributed by atoms with Gasteiger partial charge in [0.05, 0.1) is 0 Å². The molecule has 16 heavy (non-hydrogen) atoms. The number of aliphatic hydroxyl groups is 1. The summed E-state index contributed by atoms with van der Waals surface area (Å²) in [6, 6.07) is -0.808. The van der Waals surface area contributed by atoms with Crippen LogP contribution < -0.4 is 5.32 Å². The van der Waals surface area contributed by atoms with E-state index < -0.39 is 20.9 Å². The maximum absolute atomic E-state index is 12.1. The molecule has 0 saturated carbocycles. The summed E-state index contributed by atoms with van der Waals surface area (Å²) >= 11 is 6.21. The molecule has 0 aromatic rings. The number of imide groups is 1. The van der Waals surface area contributed by atoms with Gasteiger partial charge in [-0.05, 0) is 20.3 Å². The van der Waals surface area contributed by atoms with Crippen LogP contribution in [0.2, 0.25) is 0 Å². The molecule has 0 bridgehead atoms. The summed E-state index contributed by atoms with van der Waals surface area (Å²) in [5.41, 5.74) is -1.68. The van der Waals surface area contributed by atoms with E-state index in [1.54, 1.807) is 6.92 Å². The van der Waals surface area contributed by atoms with Crippen LogP contribution in [0.25, 0.3) is 0 Å². The normalized spacial score (nSPS) is 31.2. The lowest BCUT2D eigenvalue weighted by Crippen LogP contribution is -2.72. The van der Waals surface area contributed by atoms with E-state index in [1.807, 2.05) is 6.92 Å². The predicted octanol–water partition coefficient (Wildman–Crippen LogP) is 1.53. The summed E-state index contributed by atoms with van der Waals surface area (Å²) in [6.45, 7) is 5.00. The minimum atomic E-state index is -1.68. The van der Waals surface area contributed by atoms with Crippen LogP contribution in [0.5, 0.6) is 0 Å². The van der Waals surface area contributed by atoms with Crippen LogP contribution in [0.4, 0.5) is 4.79 Å². The van der Waals surface area contributed by atoms with Crippen molar-refractivity contribution in [3.8, 4) is 0 Å². The number of hydrogen-bond donors (Lipinski definition) is 2. The van der Waals surface area contributed by atoms with E-state index in [-0.39, 0.29) is 6.04 Å². The topological polar surface area (TPSA) is 69.6 Å². The van der Waals surface area contributed by atoms with Gasteiger partial charge in [-0.15, -0.1) is 0 Å². The van der Waals surface area contributed by atoms with Crippen LogP contribution in [-0.4, -0.2) is 36.9 Å². The molecule has 1 aliphatic rings. The molecule has 2 N–H and O–H groups in total. The van der Waals surface area contributed by atoms with E-state index in [4.69, 9.17) is 0 Å². The van der Waals surface area contributed by atoms with Gasteiger partial charge in [-0.1, -0.05) is 38.8 Å². The van der Waals surface area contributed by atoms with Crippen molar-refractivity contribution in [3.05, 3.63) is 0 Å². The number of urea groups is 1. The Morgan fingerprint density at radius 2 is 2.00 bits per heavy atom. The van der Waals surface area contributed by atoms with Crippen LogP contribution >= 0.6 is 31.9 Å². The largest absolute Gasteiger partial charge is 0.368 e. The van der Waals surface area contributed by atoms with Crippen molar-refractivity contribution in [3.63, 3.8) is 0 Å². The molecule has 3 amide bonds. The smallest absolute Gasteiger partial charge is 0.326 e. The first kappa shape index (κ1) is 13.9. The Bertz CT molecular complexity index is 331. The minimum Gasteiger partial charge on any atom is -0.368 e. The van der Waals surface area contributed by atoms with Gasteiger partial charge in [0.15, 0.2) is 5.72 Å². The number of halogens is 2. The Labute approximate surface area is 111 Å². The number of nitrogens with zero attached hydrogens (tertiary/aromatic N) is 1. The zero-order valence-electron chi connectivity index (χ0n) is 9.25. The second-order valence-corrected chi connectivity index (χ2v) is 7.45. The Hall–Kier alpha value is -0.140. The first-order chi connectivity index (χ1) is 7.15. The monoisotopic (exact) mass is 356 g/mol. The summed E-state index contributed by atoms with van der Waals surface area (Å²) < 4.78 is -1.40. The van der Waals surface area contributed by atoms with Gasteiger partial charge in [0.1, 0.15) is 0 Å². The van der Waals surface area contributed by atoms with Gasteiger partial charge in [-0.3, -0.25) is 9.69 Å². The molecule has 0 aromatic carbocycles. The van der Waals surface area contributed by atoms with Crippen molar-refractivity contribution in [1.82, 2.24) is 10.2 Å². The Kier molecular flexibility index (Phi) is 3.71. The minimum absolute atomic E-state index is 0.224. The lowest BCUT2D eigenvalue weighted by atomic mass is 10.1. The molecule has 1 rings (SSSR count). The molecule has 7 heteroatoms. The quantitative estimate of drug-likeness (QED) is 0.736. The summed E-state index contributed by atoms with van der Waals surface area (Å²) in [6.07, 6.45) is 0.650. The summed E-state index contributed by atoms with van der Waals surface area (Å²) in [7, 11) is 0.